The van der Waals surface area contributed by atoms with E-state index in [9.17, 15) is 13.9 Å². The van der Waals surface area contributed by atoms with Gasteiger partial charge in [-0.05, 0) is 13.0 Å². The van der Waals surface area contributed by atoms with Crippen LogP contribution in [0.5, 0.6) is 5.75 Å². The molecule has 0 amide bonds. The molecule has 0 saturated heterocycles. The van der Waals surface area contributed by atoms with Crippen molar-refractivity contribution in [3.8, 4) is 5.75 Å². The average molecular weight is 215 g/mol. The van der Waals surface area contributed by atoms with Gasteiger partial charge in [-0.3, -0.25) is 4.98 Å². The van der Waals surface area contributed by atoms with Crippen molar-refractivity contribution in [2.24, 2.45) is 0 Å². The maximum atomic E-state index is 13.4. The number of alkyl halides is 2. The Morgan fingerprint density at radius 3 is 3.00 bits per heavy atom. The lowest BCUT2D eigenvalue weighted by atomic mass is 10.0. The summed E-state index contributed by atoms with van der Waals surface area (Å²) >= 11 is 0. The molecular weight excluding hydrogens is 204 g/mol. The topological polar surface area (TPSA) is 42.4 Å². The lowest BCUT2D eigenvalue weighted by molar-refractivity contribution is -0.0459. The third-order valence-corrected chi connectivity index (χ3v) is 2.39. The minimum Gasteiger partial charge on any atom is -0.491 e. The van der Waals surface area contributed by atoms with E-state index in [-0.39, 0.29) is 24.5 Å². The first-order chi connectivity index (χ1) is 7.02. The summed E-state index contributed by atoms with van der Waals surface area (Å²) in [5.74, 6) is -2.93. The highest BCUT2D eigenvalue weighted by Crippen LogP contribution is 2.42. The molecule has 1 unspecified atom stereocenters. The fourth-order valence-corrected chi connectivity index (χ4v) is 1.60. The molecule has 1 aromatic rings. The minimum atomic E-state index is -2.96. The van der Waals surface area contributed by atoms with Crippen molar-refractivity contribution in [1.29, 1.82) is 0 Å². The smallest absolute Gasteiger partial charge is 0.296 e. The molecule has 0 saturated carbocycles. The molecule has 0 aliphatic carbocycles. The van der Waals surface area contributed by atoms with E-state index in [4.69, 9.17) is 4.74 Å². The number of hydrogen-bond donors (Lipinski definition) is 1. The second-order valence-corrected chi connectivity index (χ2v) is 3.56. The highest BCUT2D eigenvalue weighted by molar-refractivity contribution is 5.41. The number of aliphatic hydroxyl groups excluding tert-OH is 1. The van der Waals surface area contributed by atoms with Gasteiger partial charge in [0.1, 0.15) is 0 Å². The molecule has 0 radical (unpaired) electrons. The Balaban J connectivity index is 2.56. The minimum absolute atomic E-state index is 0.0313. The first-order valence-corrected chi connectivity index (χ1v) is 4.70. The summed E-state index contributed by atoms with van der Waals surface area (Å²) in [4.78, 5) is 3.63. The van der Waals surface area contributed by atoms with Gasteiger partial charge in [-0.2, -0.15) is 8.78 Å². The zero-order valence-electron chi connectivity index (χ0n) is 8.20. The van der Waals surface area contributed by atoms with Gasteiger partial charge in [0.25, 0.3) is 5.92 Å². The summed E-state index contributed by atoms with van der Waals surface area (Å²) in [6.07, 6.45) is 0.0652. The van der Waals surface area contributed by atoms with Crippen molar-refractivity contribution in [2.45, 2.75) is 25.4 Å². The Morgan fingerprint density at radius 2 is 2.33 bits per heavy atom. The van der Waals surface area contributed by atoms with Crippen molar-refractivity contribution in [2.75, 3.05) is 6.61 Å². The third kappa shape index (κ3) is 1.67. The Morgan fingerprint density at radius 1 is 1.60 bits per heavy atom. The van der Waals surface area contributed by atoms with E-state index in [0.29, 0.717) is 5.56 Å². The second kappa shape index (κ2) is 3.41. The molecule has 2 rings (SSSR count). The van der Waals surface area contributed by atoms with Crippen LogP contribution < -0.4 is 4.74 Å². The number of fused-ring (bicyclic) bond motifs is 1. The van der Waals surface area contributed by atoms with E-state index in [0.717, 1.165) is 0 Å². The lowest BCUT2D eigenvalue weighted by Gasteiger charge is -2.26. The van der Waals surface area contributed by atoms with Gasteiger partial charge in [0.15, 0.2) is 11.4 Å². The Labute approximate surface area is 85.7 Å². The van der Waals surface area contributed by atoms with Gasteiger partial charge in [0.05, 0.1) is 19.1 Å². The molecule has 1 aliphatic heterocycles. The molecule has 3 nitrogen and oxygen atoms in total. The molecule has 1 atom stereocenters. The zero-order valence-corrected chi connectivity index (χ0v) is 8.20. The Hall–Kier alpha value is -1.23. The van der Waals surface area contributed by atoms with Crippen LogP contribution in [0.15, 0.2) is 12.3 Å². The number of ether oxygens (including phenoxy) is 1. The lowest BCUT2D eigenvalue weighted by Crippen LogP contribution is -2.26. The predicted octanol–water partition coefficient (Wildman–Crippen LogP) is 2.01. The number of nitrogens with zero attached hydrogens (tertiary/aromatic N) is 1. The normalized spacial score (nSPS) is 20.3. The molecular formula is C10H11F2NO2. The van der Waals surface area contributed by atoms with Crippen molar-refractivity contribution in [3.05, 3.63) is 23.5 Å². The summed E-state index contributed by atoms with van der Waals surface area (Å²) in [5.41, 5.74) is -0.00785. The Kier molecular flexibility index (Phi) is 2.34. The van der Waals surface area contributed by atoms with Crippen LogP contribution in [0, 0.1) is 0 Å². The maximum Gasteiger partial charge on any atom is 0.296 e. The maximum absolute atomic E-state index is 13.4. The van der Waals surface area contributed by atoms with Crippen LogP contribution in [0.2, 0.25) is 0 Å². The summed E-state index contributed by atoms with van der Waals surface area (Å²) in [7, 11) is 0. The van der Waals surface area contributed by atoms with Crippen LogP contribution in [-0.2, 0) is 5.92 Å². The van der Waals surface area contributed by atoms with Gasteiger partial charge in [-0.25, -0.2) is 0 Å². The highest BCUT2D eigenvalue weighted by atomic mass is 19.3. The van der Waals surface area contributed by atoms with Crippen molar-refractivity contribution in [3.63, 3.8) is 0 Å². The quantitative estimate of drug-likeness (QED) is 0.779. The van der Waals surface area contributed by atoms with Gasteiger partial charge in [-0.15, -0.1) is 0 Å². The SMILES string of the molecule is CC(O)c1ccnc2c1OCCC2(F)F. The molecule has 1 aromatic heterocycles. The van der Waals surface area contributed by atoms with E-state index >= 15 is 0 Å². The van der Waals surface area contributed by atoms with Crippen LogP contribution in [-0.4, -0.2) is 16.7 Å². The molecule has 1 N–H and O–H groups in total. The number of aliphatic hydroxyl groups is 1. The first kappa shape index (κ1) is 10.3. The monoisotopic (exact) mass is 215 g/mol. The molecule has 5 heteroatoms. The third-order valence-electron chi connectivity index (χ3n) is 2.39. The second-order valence-electron chi connectivity index (χ2n) is 3.56. The molecule has 0 spiro atoms. The van der Waals surface area contributed by atoms with Gasteiger partial charge in [0.2, 0.25) is 0 Å². The first-order valence-electron chi connectivity index (χ1n) is 4.70. The summed E-state index contributed by atoms with van der Waals surface area (Å²) < 4.78 is 32.0. The van der Waals surface area contributed by atoms with Crippen molar-refractivity contribution in [1.82, 2.24) is 4.98 Å². The van der Waals surface area contributed by atoms with Gasteiger partial charge in [-0.1, -0.05) is 0 Å². The number of hydrogen-bond acceptors (Lipinski definition) is 3. The van der Waals surface area contributed by atoms with Crippen molar-refractivity contribution < 1.29 is 18.6 Å². The van der Waals surface area contributed by atoms with Crippen LogP contribution in [0.3, 0.4) is 0 Å². The van der Waals surface area contributed by atoms with E-state index in [1.54, 1.807) is 0 Å². The van der Waals surface area contributed by atoms with E-state index in [2.05, 4.69) is 4.98 Å². The number of rotatable bonds is 1. The molecule has 0 aromatic carbocycles. The van der Waals surface area contributed by atoms with Gasteiger partial charge >= 0.3 is 0 Å². The van der Waals surface area contributed by atoms with Crippen LogP contribution >= 0.6 is 0 Å². The van der Waals surface area contributed by atoms with E-state index < -0.39 is 12.0 Å². The van der Waals surface area contributed by atoms with Gasteiger partial charge in [0, 0.05) is 11.8 Å². The predicted molar refractivity (Wildman–Crippen MR) is 48.9 cm³/mol. The van der Waals surface area contributed by atoms with E-state index in [1.807, 2.05) is 0 Å². The summed E-state index contributed by atoms with van der Waals surface area (Å²) in [6, 6.07) is 1.49. The van der Waals surface area contributed by atoms with Crippen LogP contribution in [0.1, 0.15) is 30.7 Å². The number of halogens is 2. The fraction of sp³-hybridized carbons (Fsp3) is 0.500. The standard InChI is InChI=1S/C10H11F2NO2/c1-6(14)7-2-4-13-9-8(7)15-5-3-10(9,11)12/h2,4,6,14H,3,5H2,1H3. The van der Waals surface area contributed by atoms with E-state index in [1.165, 1.54) is 19.2 Å². The molecule has 82 valence electrons. The van der Waals surface area contributed by atoms with Crippen molar-refractivity contribution >= 4 is 0 Å². The molecule has 0 fully saturated rings. The Bertz CT molecular complexity index is 380. The highest BCUT2D eigenvalue weighted by Gasteiger charge is 2.41. The summed E-state index contributed by atoms with van der Waals surface area (Å²) in [5, 5.41) is 9.40. The molecule has 0 bridgehead atoms. The number of aromatic nitrogens is 1. The van der Waals surface area contributed by atoms with Crippen LogP contribution in [0.4, 0.5) is 8.78 Å². The molecule has 2 heterocycles. The fourth-order valence-electron chi connectivity index (χ4n) is 1.60. The number of pyridine rings is 1. The zero-order chi connectivity index (χ0) is 11.1. The molecule has 15 heavy (non-hydrogen) atoms. The van der Waals surface area contributed by atoms with Gasteiger partial charge < -0.3 is 9.84 Å². The van der Waals surface area contributed by atoms with Crippen LogP contribution in [0.25, 0.3) is 0 Å². The molecule has 1 aliphatic rings. The summed E-state index contributed by atoms with van der Waals surface area (Å²) in [6.45, 7) is 1.46. The largest absolute Gasteiger partial charge is 0.491 e. The average Bonchev–Trinajstić information content (AvgIpc) is 2.16.